The van der Waals surface area contributed by atoms with Gasteiger partial charge in [-0.3, -0.25) is 0 Å². The molecule has 1 aliphatic rings. The van der Waals surface area contributed by atoms with E-state index < -0.39 is 0 Å². The van der Waals surface area contributed by atoms with Gasteiger partial charge in [0.25, 0.3) is 0 Å². The van der Waals surface area contributed by atoms with Crippen molar-refractivity contribution in [2.75, 3.05) is 0 Å². The lowest BCUT2D eigenvalue weighted by Crippen LogP contribution is -2.06. The fourth-order valence-corrected chi connectivity index (χ4v) is 2.18. The highest BCUT2D eigenvalue weighted by Gasteiger charge is 2.16. The first-order chi connectivity index (χ1) is 6.20. The first-order valence-corrected chi connectivity index (χ1v) is 5.14. The minimum atomic E-state index is -0.0852. The van der Waals surface area contributed by atoms with Crippen molar-refractivity contribution in [2.45, 2.75) is 37.5 Å². The zero-order valence-electron chi connectivity index (χ0n) is 7.73. The predicted molar refractivity (Wildman–Crippen MR) is 55.0 cm³/mol. The lowest BCUT2D eigenvalue weighted by molar-refractivity contribution is 0.556. The highest BCUT2D eigenvalue weighted by Crippen LogP contribution is 2.29. The maximum atomic E-state index is 13.7. The molecule has 0 saturated heterocycles. The van der Waals surface area contributed by atoms with Crippen LogP contribution in [0.4, 0.5) is 4.39 Å². The van der Waals surface area contributed by atoms with Crippen LogP contribution < -0.4 is 0 Å². The van der Waals surface area contributed by atoms with E-state index in [1.807, 2.05) is 6.92 Å². The van der Waals surface area contributed by atoms with Crippen LogP contribution in [-0.4, -0.2) is 0 Å². The molecular formula is C11H13FS. The Morgan fingerprint density at radius 3 is 2.77 bits per heavy atom. The summed E-state index contributed by atoms with van der Waals surface area (Å²) in [5.41, 5.74) is 3.06. The maximum Gasteiger partial charge on any atom is 0.140 e. The molecule has 1 aromatic carbocycles. The summed E-state index contributed by atoms with van der Waals surface area (Å²) >= 11 is 4.17. The SMILES string of the molecule is Cc1cc2c(c(F)c1S)CCCC2. The van der Waals surface area contributed by atoms with Crippen LogP contribution in [-0.2, 0) is 12.8 Å². The zero-order chi connectivity index (χ0) is 9.42. The molecule has 0 atom stereocenters. The zero-order valence-corrected chi connectivity index (χ0v) is 8.63. The molecule has 0 unspecified atom stereocenters. The summed E-state index contributed by atoms with van der Waals surface area (Å²) in [6, 6.07) is 2.08. The van der Waals surface area contributed by atoms with Gasteiger partial charge in [-0.05, 0) is 49.3 Å². The predicted octanol–water partition coefficient (Wildman–Crippen LogP) is 3.30. The Balaban J connectivity index is 2.60. The summed E-state index contributed by atoms with van der Waals surface area (Å²) in [7, 11) is 0. The summed E-state index contributed by atoms with van der Waals surface area (Å²) < 4.78 is 13.7. The first-order valence-electron chi connectivity index (χ1n) is 4.70. The van der Waals surface area contributed by atoms with Gasteiger partial charge >= 0.3 is 0 Å². The Hall–Kier alpha value is -0.500. The van der Waals surface area contributed by atoms with Gasteiger partial charge in [-0.2, -0.15) is 0 Å². The van der Waals surface area contributed by atoms with Gasteiger partial charge in [-0.1, -0.05) is 6.07 Å². The Labute approximate surface area is 83.6 Å². The van der Waals surface area contributed by atoms with Gasteiger partial charge in [0.1, 0.15) is 5.82 Å². The number of thiol groups is 1. The summed E-state index contributed by atoms with van der Waals surface area (Å²) in [6.45, 7) is 1.92. The van der Waals surface area contributed by atoms with Gasteiger partial charge in [-0.25, -0.2) is 4.39 Å². The third-order valence-electron chi connectivity index (χ3n) is 2.75. The number of fused-ring (bicyclic) bond motifs is 1. The Morgan fingerprint density at radius 2 is 2.00 bits per heavy atom. The fourth-order valence-electron chi connectivity index (χ4n) is 1.98. The number of hydrogen-bond donors (Lipinski definition) is 1. The van der Waals surface area contributed by atoms with Crippen molar-refractivity contribution in [3.05, 3.63) is 28.6 Å². The number of aryl methyl sites for hydroxylation is 2. The van der Waals surface area contributed by atoms with E-state index in [1.165, 1.54) is 12.0 Å². The molecule has 0 heterocycles. The van der Waals surface area contributed by atoms with Crippen LogP contribution in [0.5, 0.6) is 0 Å². The van der Waals surface area contributed by atoms with E-state index >= 15 is 0 Å². The number of halogens is 1. The molecule has 0 radical (unpaired) electrons. The largest absolute Gasteiger partial charge is 0.205 e. The summed E-state index contributed by atoms with van der Waals surface area (Å²) in [4.78, 5) is 0.528. The van der Waals surface area contributed by atoms with Crippen LogP contribution in [0.25, 0.3) is 0 Å². The van der Waals surface area contributed by atoms with E-state index in [0.717, 1.165) is 30.4 Å². The van der Waals surface area contributed by atoms with Crippen LogP contribution in [0.1, 0.15) is 29.5 Å². The molecule has 0 fully saturated rings. The molecule has 0 N–H and O–H groups in total. The Bertz CT molecular complexity index is 344. The lowest BCUT2D eigenvalue weighted by atomic mass is 9.90. The van der Waals surface area contributed by atoms with Crippen molar-refractivity contribution in [3.8, 4) is 0 Å². The Morgan fingerprint density at radius 1 is 1.31 bits per heavy atom. The van der Waals surface area contributed by atoms with Crippen molar-refractivity contribution in [3.63, 3.8) is 0 Å². The van der Waals surface area contributed by atoms with Crippen LogP contribution in [0.3, 0.4) is 0 Å². The van der Waals surface area contributed by atoms with Crippen LogP contribution in [0, 0.1) is 12.7 Å². The molecule has 0 spiro atoms. The van der Waals surface area contributed by atoms with Gasteiger partial charge < -0.3 is 0 Å². The molecule has 70 valence electrons. The molecule has 0 amide bonds. The standard InChI is InChI=1S/C11H13FS/c1-7-6-8-4-2-3-5-9(8)10(12)11(7)13/h6,13H,2-5H2,1H3. The van der Waals surface area contributed by atoms with Gasteiger partial charge in [0.05, 0.1) is 0 Å². The van der Waals surface area contributed by atoms with E-state index in [0.29, 0.717) is 4.90 Å². The minimum Gasteiger partial charge on any atom is -0.205 e. The Kier molecular flexibility index (Phi) is 2.33. The molecular weight excluding hydrogens is 183 g/mol. The van der Waals surface area contributed by atoms with E-state index in [4.69, 9.17) is 0 Å². The van der Waals surface area contributed by atoms with Crippen molar-refractivity contribution in [1.82, 2.24) is 0 Å². The maximum absolute atomic E-state index is 13.7. The number of benzene rings is 1. The van der Waals surface area contributed by atoms with E-state index in [2.05, 4.69) is 18.7 Å². The molecule has 0 aromatic heterocycles. The van der Waals surface area contributed by atoms with Gasteiger partial charge in [0, 0.05) is 4.90 Å². The quantitative estimate of drug-likeness (QED) is 0.605. The number of rotatable bonds is 0. The van der Waals surface area contributed by atoms with Crippen molar-refractivity contribution in [1.29, 1.82) is 0 Å². The molecule has 1 aliphatic carbocycles. The molecule has 2 heteroatoms. The third kappa shape index (κ3) is 1.48. The monoisotopic (exact) mass is 196 g/mol. The van der Waals surface area contributed by atoms with E-state index in [1.54, 1.807) is 0 Å². The van der Waals surface area contributed by atoms with Gasteiger partial charge in [0.2, 0.25) is 0 Å². The second-order valence-corrected chi connectivity index (χ2v) is 4.15. The molecule has 0 aliphatic heterocycles. The van der Waals surface area contributed by atoms with Crippen molar-refractivity contribution >= 4 is 12.6 Å². The molecule has 0 bridgehead atoms. The molecule has 0 saturated carbocycles. The average molecular weight is 196 g/mol. The summed E-state index contributed by atoms with van der Waals surface area (Å²) in [5, 5.41) is 0. The molecule has 13 heavy (non-hydrogen) atoms. The van der Waals surface area contributed by atoms with Crippen LogP contribution in [0.15, 0.2) is 11.0 Å². The smallest absolute Gasteiger partial charge is 0.140 e. The average Bonchev–Trinajstić information content (AvgIpc) is 2.15. The fraction of sp³-hybridized carbons (Fsp3) is 0.455. The molecule has 0 nitrogen and oxygen atoms in total. The third-order valence-corrected chi connectivity index (χ3v) is 3.30. The van der Waals surface area contributed by atoms with Crippen molar-refractivity contribution in [2.24, 2.45) is 0 Å². The van der Waals surface area contributed by atoms with E-state index in [-0.39, 0.29) is 5.82 Å². The van der Waals surface area contributed by atoms with Crippen molar-refractivity contribution < 1.29 is 4.39 Å². The highest BCUT2D eigenvalue weighted by molar-refractivity contribution is 7.80. The molecule has 2 rings (SSSR count). The summed E-state index contributed by atoms with van der Waals surface area (Å²) in [5.74, 6) is -0.0852. The minimum absolute atomic E-state index is 0.0852. The van der Waals surface area contributed by atoms with Gasteiger partial charge in [-0.15, -0.1) is 12.6 Å². The normalized spacial score (nSPS) is 15.6. The summed E-state index contributed by atoms with van der Waals surface area (Å²) in [6.07, 6.45) is 4.22. The molecule has 1 aromatic rings. The second kappa shape index (κ2) is 3.33. The second-order valence-electron chi connectivity index (χ2n) is 3.70. The topological polar surface area (TPSA) is 0 Å². The number of hydrogen-bond acceptors (Lipinski definition) is 1. The van der Waals surface area contributed by atoms with Crippen LogP contribution >= 0.6 is 12.6 Å². The lowest BCUT2D eigenvalue weighted by Gasteiger charge is -2.18. The van der Waals surface area contributed by atoms with E-state index in [9.17, 15) is 4.39 Å². The van der Waals surface area contributed by atoms with Gasteiger partial charge in [0.15, 0.2) is 0 Å². The highest BCUT2D eigenvalue weighted by atomic mass is 32.1. The van der Waals surface area contributed by atoms with Crippen LogP contribution in [0.2, 0.25) is 0 Å². The first kappa shape index (κ1) is 9.07.